The summed E-state index contributed by atoms with van der Waals surface area (Å²) in [6, 6.07) is 3.67. The number of carbonyl (C=O) groups excluding carboxylic acids is 2. The van der Waals surface area contributed by atoms with Crippen molar-refractivity contribution in [2.24, 2.45) is 0 Å². The third kappa shape index (κ3) is 4.00. The number of amides is 2. The van der Waals surface area contributed by atoms with Gasteiger partial charge in [-0.2, -0.15) is 0 Å². The maximum atomic E-state index is 13.4. The van der Waals surface area contributed by atoms with E-state index in [0.29, 0.717) is 6.42 Å². The second-order valence-electron chi connectivity index (χ2n) is 3.86. The maximum Gasteiger partial charge on any atom is 0.313 e. The Kier molecular flexibility index (Phi) is 5.09. The third-order valence-corrected chi connectivity index (χ3v) is 2.61. The Bertz CT molecular complexity index is 465. The van der Waals surface area contributed by atoms with Crippen molar-refractivity contribution in [2.75, 3.05) is 5.32 Å². The molecule has 2 N–H and O–H groups in total. The van der Waals surface area contributed by atoms with Gasteiger partial charge in [0.05, 0.1) is 5.69 Å². The highest BCUT2D eigenvalue weighted by Gasteiger charge is 2.16. The molecule has 0 spiro atoms. The molecule has 0 heterocycles. The van der Waals surface area contributed by atoms with Crippen LogP contribution < -0.4 is 10.6 Å². The fourth-order valence-electron chi connectivity index (χ4n) is 1.16. The van der Waals surface area contributed by atoms with Crippen LogP contribution in [0.4, 0.5) is 10.1 Å². The smallest absolute Gasteiger partial charge is 0.313 e. The predicted molar refractivity (Wildman–Crippen MR) is 67.9 cm³/mol. The third-order valence-electron chi connectivity index (χ3n) is 2.38. The van der Waals surface area contributed by atoms with Crippen molar-refractivity contribution in [3.05, 3.63) is 29.0 Å². The molecular formula is C12H14ClFN2O2. The van der Waals surface area contributed by atoms with Gasteiger partial charge in [0, 0.05) is 11.1 Å². The van der Waals surface area contributed by atoms with Crippen LogP contribution >= 0.6 is 11.6 Å². The molecule has 0 aliphatic heterocycles. The summed E-state index contributed by atoms with van der Waals surface area (Å²) in [4.78, 5) is 22.9. The van der Waals surface area contributed by atoms with E-state index in [1.807, 2.05) is 6.92 Å². The normalized spacial score (nSPS) is 11.8. The van der Waals surface area contributed by atoms with E-state index in [4.69, 9.17) is 11.6 Å². The van der Waals surface area contributed by atoms with E-state index in [2.05, 4.69) is 10.6 Å². The van der Waals surface area contributed by atoms with Gasteiger partial charge in [-0.1, -0.05) is 18.5 Å². The largest absolute Gasteiger partial charge is 0.345 e. The van der Waals surface area contributed by atoms with E-state index in [1.165, 1.54) is 12.1 Å². The first-order chi connectivity index (χ1) is 8.43. The lowest BCUT2D eigenvalue weighted by Crippen LogP contribution is -2.40. The Morgan fingerprint density at radius 1 is 1.39 bits per heavy atom. The number of hydrogen-bond donors (Lipinski definition) is 2. The molecule has 0 aliphatic rings. The first-order valence-corrected chi connectivity index (χ1v) is 5.88. The topological polar surface area (TPSA) is 58.2 Å². The summed E-state index contributed by atoms with van der Waals surface area (Å²) in [6.45, 7) is 3.65. The summed E-state index contributed by atoms with van der Waals surface area (Å²) in [5.74, 6) is -2.39. The number of hydrogen-bond acceptors (Lipinski definition) is 2. The van der Waals surface area contributed by atoms with E-state index in [9.17, 15) is 14.0 Å². The van der Waals surface area contributed by atoms with Crippen LogP contribution in [-0.2, 0) is 9.59 Å². The van der Waals surface area contributed by atoms with Gasteiger partial charge < -0.3 is 10.6 Å². The van der Waals surface area contributed by atoms with Crippen LogP contribution in [0.3, 0.4) is 0 Å². The Morgan fingerprint density at radius 3 is 2.61 bits per heavy atom. The van der Waals surface area contributed by atoms with E-state index in [1.54, 1.807) is 6.92 Å². The number of halogens is 2. The Morgan fingerprint density at radius 2 is 2.06 bits per heavy atom. The van der Waals surface area contributed by atoms with E-state index in [0.717, 1.165) is 6.07 Å². The van der Waals surface area contributed by atoms with Crippen molar-refractivity contribution >= 4 is 29.1 Å². The van der Waals surface area contributed by atoms with Gasteiger partial charge in [0.15, 0.2) is 0 Å². The van der Waals surface area contributed by atoms with Crippen molar-refractivity contribution in [3.8, 4) is 0 Å². The number of anilines is 1. The van der Waals surface area contributed by atoms with Gasteiger partial charge in [-0.05, 0) is 31.5 Å². The molecule has 0 fully saturated rings. The minimum absolute atomic E-state index is 0.0799. The molecule has 1 aromatic carbocycles. The van der Waals surface area contributed by atoms with Gasteiger partial charge in [0.25, 0.3) is 0 Å². The lowest BCUT2D eigenvalue weighted by atomic mass is 10.2. The summed E-state index contributed by atoms with van der Waals surface area (Å²) in [5.41, 5.74) is -0.0799. The molecule has 0 saturated carbocycles. The molecule has 18 heavy (non-hydrogen) atoms. The zero-order valence-corrected chi connectivity index (χ0v) is 10.8. The summed E-state index contributed by atoms with van der Waals surface area (Å²) >= 11 is 5.57. The van der Waals surface area contributed by atoms with Crippen LogP contribution in [0.2, 0.25) is 5.02 Å². The molecule has 0 unspecified atom stereocenters. The van der Waals surface area contributed by atoms with Crippen molar-refractivity contribution in [1.82, 2.24) is 5.32 Å². The predicted octanol–water partition coefficient (Wildman–Crippen LogP) is 2.33. The number of nitrogens with one attached hydrogen (secondary N) is 2. The molecule has 6 heteroatoms. The maximum absolute atomic E-state index is 13.4. The highest BCUT2D eigenvalue weighted by atomic mass is 35.5. The molecule has 0 aliphatic carbocycles. The van der Waals surface area contributed by atoms with Crippen LogP contribution in [0.1, 0.15) is 20.3 Å². The summed E-state index contributed by atoms with van der Waals surface area (Å²) in [6.07, 6.45) is 0.703. The first-order valence-electron chi connectivity index (χ1n) is 5.51. The molecule has 0 saturated heterocycles. The van der Waals surface area contributed by atoms with Crippen molar-refractivity contribution < 1.29 is 14.0 Å². The Hall–Kier alpha value is -1.62. The summed E-state index contributed by atoms with van der Waals surface area (Å²) in [7, 11) is 0. The van der Waals surface area contributed by atoms with Crippen LogP contribution in [0.25, 0.3) is 0 Å². The van der Waals surface area contributed by atoms with E-state index in [-0.39, 0.29) is 16.8 Å². The van der Waals surface area contributed by atoms with Gasteiger partial charge in [-0.15, -0.1) is 0 Å². The standard InChI is InChI=1S/C12H14ClFN2O2/c1-3-7(2)15-11(17)12(18)16-10-5-4-8(13)6-9(10)14/h4-7H,3H2,1-2H3,(H,15,17)(H,16,18)/t7-/m1/s1. The van der Waals surface area contributed by atoms with Crippen LogP contribution in [0.5, 0.6) is 0 Å². The molecule has 4 nitrogen and oxygen atoms in total. The van der Waals surface area contributed by atoms with Gasteiger partial charge in [0.2, 0.25) is 0 Å². The van der Waals surface area contributed by atoms with Crippen LogP contribution in [0, 0.1) is 5.82 Å². The number of rotatable bonds is 3. The van der Waals surface area contributed by atoms with Crippen molar-refractivity contribution in [2.45, 2.75) is 26.3 Å². The van der Waals surface area contributed by atoms with Gasteiger partial charge in [-0.25, -0.2) is 4.39 Å². The average molecular weight is 273 g/mol. The SMILES string of the molecule is CC[C@@H](C)NC(=O)C(=O)Nc1ccc(Cl)cc1F. The molecule has 1 atom stereocenters. The second-order valence-corrected chi connectivity index (χ2v) is 4.30. The lowest BCUT2D eigenvalue weighted by Gasteiger charge is -2.11. The van der Waals surface area contributed by atoms with E-state index < -0.39 is 17.6 Å². The molecule has 0 bridgehead atoms. The van der Waals surface area contributed by atoms with Gasteiger partial charge in [-0.3, -0.25) is 9.59 Å². The zero-order valence-electron chi connectivity index (χ0n) is 10.1. The average Bonchev–Trinajstić information content (AvgIpc) is 2.32. The molecule has 0 radical (unpaired) electrons. The summed E-state index contributed by atoms with van der Waals surface area (Å²) in [5, 5.41) is 4.88. The monoisotopic (exact) mass is 272 g/mol. The van der Waals surface area contributed by atoms with Crippen molar-refractivity contribution in [1.29, 1.82) is 0 Å². The Labute approximate surface area is 110 Å². The lowest BCUT2D eigenvalue weighted by molar-refractivity contribution is -0.136. The molecule has 2 amide bonds. The molecular weight excluding hydrogens is 259 g/mol. The van der Waals surface area contributed by atoms with E-state index >= 15 is 0 Å². The summed E-state index contributed by atoms with van der Waals surface area (Å²) < 4.78 is 13.4. The fourth-order valence-corrected chi connectivity index (χ4v) is 1.32. The molecule has 1 rings (SSSR count). The van der Waals surface area contributed by atoms with Crippen molar-refractivity contribution in [3.63, 3.8) is 0 Å². The molecule has 0 aromatic heterocycles. The van der Waals surface area contributed by atoms with Crippen LogP contribution in [-0.4, -0.2) is 17.9 Å². The quantitative estimate of drug-likeness (QED) is 0.830. The Balaban J connectivity index is 2.67. The minimum atomic E-state index is -0.906. The van der Waals surface area contributed by atoms with Gasteiger partial charge >= 0.3 is 11.8 Å². The fraction of sp³-hybridized carbons (Fsp3) is 0.333. The second kappa shape index (κ2) is 6.35. The number of benzene rings is 1. The zero-order chi connectivity index (χ0) is 13.7. The highest BCUT2D eigenvalue weighted by Crippen LogP contribution is 2.18. The number of carbonyl (C=O) groups is 2. The molecule has 98 valence electrons. The molecule has 1 aromatic rings. The minimum Gasteiger partial charge on any atom is -0.345 e. The van der Waals surface area contributed by atoms with Crippen LogP contribution in [0.15, 0.2) is 18.2 Å². The first kappa shape index (κ1) is 14.4. The van der Waals surface area contributed by atoms with Gasteiger partial charge in [0.1, 0.15) is 5.82 Å². The highest BCUT2D eigenvalue weighted by molar-refractivity contribution is 6.39.